The van der Waals surface area contributed by atoms with Crippen molar-refractivity contribution in [1.29, 1.82) is 0 Å². The first-order valence-electron chi connectivity index (χ1n) is 9.01. The van der Waals surface area contributed by atoms with Gasteiger partial charge in [-0.25, -0.2) is 9.98 Å². The number of aliphatic imine (C=N–C) groups is 2. The summed E-state index contributed by atoms with van der Waals surface area (Å²) in [4.78, 5) is 25.9. The summed E-state index contributed by atoms with van der Waals surface area (Å²) >= 11 is 0. The molecule has 0 unspecified atom stereocenters. The Morgan fingerprint density at radius 3 is 2.96 bits per heavy atom. The molecule has 0 aliphatic carbocycles. The van der Waals surface area contributed by atoms with Gasteiger partial charge in [0.15, 0.2) is 0 Å². The number of fused-ring (bicyclic) bond motifs is 4. The van der Waals surface area contributed by atoms with Gasteiger partial charge < -0.3 is 19.5 Å². The molecule has 1 aromatic carbocycles. The summed E-state index contributed by atoms with van der Waals surface area (Å²) in [6.07, 6.45) is 2.60. The maximum Gasteiger partial charge on any atom is 0.264 e. The summed E-state index contributed by atoms with van der Waals surface area (Å²) in [6.45, 7) is 2.49. The zero-order valence-corrected chi connectivity index (χ0v) is 16.0. The fourth-order valence-corrected chi connectivity index (χ4v) is 4.15. The normalized spacial score (nSPS) is 32.3. The fourth-order valence-electron chi connectivity index (χ4n) is 4.15. The van der Waals surface area contributed by atoms with Gasteiger partial charge in [-0.3, -0.25) is 9.69 Å². The molecular weight excluding hydrogens is 348 g/mol. The fraction of sp³-hybridized carbons (Fsp3) is 0.526. The number of benzene rings is 1. The number of likely N-dealkylation sites (N-methyl/N-ethyl adjacent to an activating group) is 1. The second-order valence-corrected chi connectivity index (χ2v) is 7.70. The van der Waals surface area contributed by atoms with Gasteiger partial charge in [0.2, 0.25) is 11.5 Å². The lowest BCUT2D eigenvalue weighted by molar-refractivity contribution is -0.175. The Labute approximate surface area is 158 Å². The minimum absolute atomic E-state index is 0.0482. The summed E-state index contributed by atoms with van der Waals surface area (Å²) in [5.41, 5.74) is -1.50. The minimum atomic E-state index is -1.32. The van der Waals surface area contributed by atoms with Gasteiger partial charge in [-0.15, -0.1) is 0 Å². The van der Waals surface area contributed by atoms with Gasteiger partial charge in [-0.1, -0.05) is 0 Å². The molecule has 1 saturated heterocycles. The van der Waals surface area contributed by atoms with Gasteiger partial charge in [0.25, 0.3) is 5.91 Å². The Balaban J connectivity index is 1.95. The smallest absolute Gasteiger partial charge is 0.264 e. The van der Waals surface area contributed by atoms with E-state index in [0.29, 0.717) is 23.9 Å². The van der Waals surface area contributed by atoms with Crippen molar-refractivity contribution in [3.05, 3.63) is 23.8 Å². The van der Waals surface area contributed by atoms with E-state index in [1.165, 1.54) is 4.90 Å². The molecule has 4 rings (SSSR count). The molecule has 0 aromatic heterocycles. The molecule has 0 radical (unpaired) electrons. The van der Waals surface area contributed by atoms with Crippen LogP contribution in [0.25, 0.3) is 0 Å². The highest BCUT2D eigenvalue weighted by atomic mass is 16.6. The molecule has 144 valence electrons. The van der Waals surface area contributed by atoms with E-state index in [9.17, 15) is 9.90 Å². The largest absolute Gasteiger partial charge is 0.508 e. The lowest BCUT2D eigenvalue weighted by Gasteiger charge is -2.51. The van der Waals surface area contributed by atoms with Crippen molar-refractivity contribution in [3.63, 3.8) is 0 Å². The van der Waals surface area contributed by atoms with E-state index in [0.717, 1.165) is 12.8 Å². The molecule has 1 fully saturated rings. The highest BCUT2D eigenvalue weighted by Gasteiger charge is 2.65. The van der Waals surface area contributed by atoms with Crippen LogP contribution in [-0.2, 0) is 15.1 Å². The number of ether oxygens (including phenoxy) is 2. The first-order valence-corrected chi connectivity index (χ1v) is 9.01. The number of phenolic OH excluding ortho intramolecular Hbond substituents is 1. The number of aromatic hydroxyl groups is 1. The molecule has 3 aliphatic heterocycles. The number of guanidine groups is 1. The van der Waals surface area contributed by atoms with Crippen LogP contribution in [0.3, 0.4) is 0 Å². The Morgan fingerprint density at radius 1 is 1.44 bits per heavy atom. The lowest BCUT2D eigenvalue weighted by atomic mass is 9.71. The number of hydrogen-bond donors (Lipinski definition) is 1. The van der Waals surface area contributed by atoms with Crippen molar-refractivity contribution < 1.29 is 19.4 Å². The standard InChI is InChI=1S/C19H24N4O4/c1-18-8-5-9-26-15(18)19(13-10-12(24)6-7-14(13)27-18)16(25)23(4)17(21-19)20-11-22(2)3/h6-7,10-11,15,24H,5,8-9H2,1-4H3/t15-,18-,19-/m0/s1. The molecule has 0 bridgehead atoms. The van der Waals surface area contributed by atoms with Crippen LogP contribution < -0.4 is 4.74 Å². The summed E-state index contributed by atoms with van der Waals surface area (Å²) in [5, 5.41) is 10.1. The first-order chi connectivity index (χ1) is 12.8. The quantitative estimate of drug-likeness (QED) is 0.594. The Hall–Kier alpha value is -2.61. The summed E-state index contributed by atoms with van der Waals surface area (Å²) in [6, 6.07) is 4.78. The molecule has 27 heavy (non-hydrogen) atoms. The molecule has 1 spiro atoms. The van der Waals surface area contributed by atoms with Crippen LogP contribution in [0.2, 0.25) is 0 Å². The highest BCUT2D eigenvalue weighted by molar-refractivity contribution is 6.10. The predicted molar refractivity (Wildman–Crippen MR) is 100 cm³/mol. The number of amides is 1. The number of rotatable bonds is 1. The van der Waals surface area contributed by atoms with Crippen LogP contribution >= 0.6 is 0 Å². The molecule has 1 amide bonds. The van der Waals surface area contributed by atoms with Gasteiger partial charge in [0.1, 0.15) is 23.2 Å². The number of nitrogens with zero attached hydrogens (tertiary/aromatic N) is 4. The van der Waals surface area contributed by atoms with E-state index >= 15 is 0 Å². The van der Waals surface area contributed by atoms with Gasteiger partial charge in [0, 0.05) is 33.3 Å². The average molecular weight is 372 g/mol. The zero-order chi connectivity index (χ0) is 19.4. The van der Waals surface area contributed by atoms with E-state index < -0.39 is 17.2 Å². The monoisotopic (exact) mass is 372 g/mol. The van der Waals surface area contributed by atoms with Gasteiger partial charge >= 0.3 is 0 Å². The van der Waals surface area contributed by atoms with E-state index in [4.69, 9.17) is 14.5 Å². The Bertz CT molecular complexity index is 852. The zero-order valence-electron chi connectivity index (χ0n) is 16.0. The lowest BCUT2D eigenvalue weighted by Crippen LogP contribution is -2.64. The second-order valence-electron chi connectivity index (χ2n) is 7.70. The maximum atomic E-state index is 13.5. The number of phenols is 1. The van der Waals surface area contributed by atoms with Gasteiger partial charge in [0.05, 0.1) is 6.34 Å². The first kappa shape index (κ1) is 17.8. The highest BCUT2D eigenvalue weighted by Crippen LogP contribution is 2.53. The van der Waals surface area contributed by atoms with Crippen molar-refractivity contribution in [1.82, 2.24) is 9.80 Å². The third kappa shape index (κ3) is 2.50. The van der Waals surface area contributed by atoms with Crippen LogP contribution in [0.4, 0.5) is 0 Å². The number of carbonyl (C=O) groups excluding carboxylic acids is 1. The molecule has 8 nitrogen and oxygen atoms in total. The summed E-state index contributed by atoms with van der Waals surface area (Å²) in [5.74, 6) is 0.663. The van der Waals surface area contributed by atoms with Crippen molar-refractivity contribution in [2.45, 2.75) is 37.0 Å². The van der Waals surface area contributed by atoms with Crippen LogP contribution in [0, 0.1) is 0 Å². The number of carbonyl (C=O) groups is 1. The number of hydrogen-bond acceptors (Lipinski definition) is 6. The minimum Gasteiger partial charge on any atom is -0.508 e. The SMILES string of the molecule is CN(C)C=NC1=N[C@@]2(C(=O)N1C)c1cc(O)ccc1O[C@@]1(C)CCCO[C@@H]12. The molecule has 8 heteroatoms. The molecule has 0 saturated carbocycles. The van der Waals surface area contributed by atoms with E-state index in [2.05, 4.69) is 4.99 Å². The van der Waals surface area contributed by atoms with Gasteiger partial charge in [-0.05, 0) is 38.0 Å². The van der Waals surface area contributed by atoms with Crippen LogP contribution in [-0.4, -0.2) is 72.6 Å². The molecule has 3 aliphatic rings. The summed E-state index contributed by atoms with van der Waals surface area (Å²) in [7, 11) is 5.35. The maximum absolute atomic E-state index is 13.5. The Morgan fingerprint density at radius 2 is 2.22 bits per heavy atom. The van der Waals surface area contributed by atoms with E-state index in [-0.39, 0.29) is 11.7 Å². The van der Waals surface area contributed by atoms with E-state index in [1.807, 2.05) is 21.0 Å². The Kier molecular flexibility index (Phi) is 3.92. The van der Waals surface area contributed by atoms with Crippen LogP contribution in [0.1, 0.15) is 25.3 Å². The third-order valence-electron chi connectivity index (χ3n) is 5.36. The predicted octanol–water partition coefficient (Wildman–Crippen LogP) is 1.34. The molecule has 3 heterocycles. The van der Waals surface area contributed by atoms with Crippen molar-refractivity contribution in [2.24, 2.45) is 9.98 Å². The molecule has 1 N–H and O–H groups in total. The second kappa shape index (κ2) is 5.95. The topological polar surface area (TPSA) is 87.0 Å². The molecule has 3 atom stereocenters. The van der Waals surface area contributed by atoms with Crippen LogP contribution in [0.15, 0.2) is 28.2 Å². The average Bonchev–Trinajstić information content (AvgIpc) is 2.86. The van der Waals surface area contributed by atoms with Gasteiger partial charge in [-0.2, -0.15) is 0 Å². The third-order valence-corrected chi connectivity index (χ3v) is 5.36. The molecule has 1 aromatic rings. The van der Waals surface area contributed by atoms with Crippen molar-refractivity contribution in [3.8, 4) is 11.5 Å². The van der Waals surface area contributed by atoms with Crippen LogP contribution in [0.5, 0.6) is 11.5 Å². The summed E-state index contributed by atoms with van der Waals surface area (Å²) < 4.78 is 12.3. The van der Waals surface area contributed by atoms with Crippen molar-refractivity contribution in [2.75, 3.05) is 27.7 Å². The van der Waals surface area contributed by atoms with Crippen molar-refractivity contribution >= 4 is 18.2 Å². The van der Waals surface area contributed by atoms with E-state index in [1.54, 1.807) is 36.5 Å². The molecular formula is C19H24N4O4.